The molecule has 1 atom stereocenters. The van der Waals surface area contributed by atoms with E-state index in [1.54, 1.807) is 6.92 Å². The summed E-state index contributed by atoms with van der Waals surface area (Å²) in [6, 6.07) is 6.17. The van der Waals surface area contributed by atoms with Gasteiger partial charge in [0.15, 0.2) is 29.1 Å². The van der Waals surface area contributed by atoms with Crippen molar-refractivity contribution in [2.24, 2.45) is 0 Å². The van der Waals surface area contributed by atoms with Gasteiger partial charge in [0.05, 0.1) is 5.25 Å². The summed E-state index contributed by atoms with van der Waals surface area (Å²) in [4.78, 5) is 12.5. The molecule has 0 saturated heterocycles. The van der Waals surface area contributed by atoms with Crippen LogP contribution in [-0.2, 0) is 0 Å². The molecular formula is C15H10F4OS. The Bertz CT molecular complexity index is 687. The van der Waals surface area contributed by atoms with E-state index in [9.17, 15) is 22.4 Å². The van der Waals surface area contributed by atoms with Gasteiger partial charge in [0.2, 0.25) is 0 Å². The van der Waals surface area contributed by atoms with E-state index in [2.05, 4.69) is 0 Å². The van der Waals surface area contributed by atoms with Crippen LogP contribution in [-0.4, -0.2) is 11.0 Å². The van der Waals surface area contributed by atoms with Crippen molar-refractivity contribution in [3.63, 3.8) is 0 Å². The molecule has 0 fully saturated rings. The number of halogens is 4. The first-order valence-electron chi connectivity index (χ1n) is 5.99. The molecule has 0 aliphatic rings. The molecule has 1 nitrogen and oxygen atoms in total. The molecule has 0 heterocycles. The Labute approximate surface area is 123 Å². The molecule has 0 N–H and O–H groups in total. The van der Waals surface area contributed by atoms with Crippen LogP contribution in [0.25, 0.3) is 0 Å². The van der Waals surface area contributed by atoms with E-state index in [1.165, 1.54) is 12.1 Å². The quantitative estimate of drug-likeness (QED) is 0.466. The molecule has 0 spiro atoms. The average molecular weight is 314 g/mol. The molecule has 1 unspecified atom stereocenters. The molecule has 0 saturated carbocycles. The number of carbonyl (C=O) groups excluding carboxylic acids is 1. The van der Waals surface area contributed by atoms with Crippen molar-refractivity contribution in [3.8, 4) is 0 Å². The average Bonchev–Trinajstić information content (AvgIpc) is 2.45. The highest BCUT2D eigenvalue weighted by Crippen LogP contribution is 2.27. The summed E-state index contributed by atoms with van der Waals surface area (Å²) >= 11 is 1.01. The van der Waals surface area contributed by atoms with Crippen molar-refractivity contribution in [1.82, 2.24) is 0 Å². The lowest BCUT2D eigenvalue weighted by Crippen LogP contribution is -2.14. The zero-order chi connectivity index (χ0) is 15.6. The van der Waals surface area contributed by atoms with Crippen LogP contribution in [0.1, 0.15) is 17.3 Å². The molecule has 0 aliphatic carbocycles. The maximum absolute atomic E-state index is 13.1. The van der Waals surface area contributed by atoms with Crippen LogP contribution in [0.15, 0.2) is 41.3 Å². The number of thioether (sulfide) groups is 1. The Morgan fingerprint density at radius 1 is 0.905 bits per heavy atom. The topological polar surface area (TPSA) is 17.1 Å². The largest absolute Gasteiger partial charge is 0.293 e. The third-order valence-corrected chi connectivity index (χ3v) is 3.87. The summed E-state index contributed by atoms with van der Waals surface area (Å²) in [7, 11) is 0. The van der Waals surface area contributed by atoms with Crippen molar-refractivity contribution >= 4 is 17.5 Å². The SMILES string of the molecule is CC(Sc1ccc(F)c(F)c1)C(=O)c1ccc(F)c(F)c1. The fraction of sp³-hybridized carbons (Fsp3) is 0.133. The van der Waals surface area contributed by atoms with Crippen molar-refractivity contribution in [1.29, 1.82) is 0 Å². The summed E-state index contributed by atoms with van der Waals surface area (Å²) in [6.45, 7) is 1.55. The van der Waals surface area contributed by atoms with Crippen LogP contribution in [0.5, 0.6) is 0 Å². The second kappa shape index (κ2) is 6.30. The van der Waals surface area contributed by atoms with Crippen LogP contribution >= 0.6 is 11.8 Å². The Balaban J connectivity index is 2.15. The highest BCUT2D eigenvalue weighted by atomic mass is 32.2. The second-order valence-corrected chi connectivity index (χ2v) is 5.74. The Hall–Kier alpha value is -1.82. The maximum atomic E-state index is 13.1. The number of rotatable bonds is 4. The minimum absolute atomic E-state index is 0.0245. The zero-order valence-corrected chi connectivity index (χ0v) is 11.7. The van der Waals surface area contributed by atoms with E-state index in [-0.39, 0.29) is 5.56 Å². The van der Waals surface area contributed by atoms with Crippen molar-refractivity contribution < 1.29 is 22.4 Å². The minimum Gasteiger partial charge on any atom is -0.293 e. The van der Waals surface area contributed by atoms with Gasteiger partial charge in [-0.3, -0.25) is 4.79 Å². The molecule has 0 radical (unpaired) electrons. The Kier molecular flexibility index (Phi) is 4.67. The summed E-state index contributed by atoms with van der Waals surface area (Å²) < 4.78 is 51.8. The molecule has 0 aromatic heterocycles. The number of Topliss-reactive ketones (excluding diaryl/α,β-unsaturated/α-hetero) is 1. The van der Waals surface area contributed by atoms with Gasteiger partial charge in [0.25, 0.3) is 0 Å². The number of hydrogen-bond acceptors (Lipinski definition) is 2. The predicted octanol–water partition coefficient (Wildman–Crippen LogP) is 4.61. The first-order valence-corrected chi connectivity index (χ1v) is 6.87. The molecule has 0 bridgehead atoms. The monoisotopic (exact) mass is 314 g/mol. The maximum Gasteiger partial charge on any atom is 0.175 e. The molecule has 2 aromatic rings. The molecule has 2 aromatic carbocycles. The first kappa shape index (κ1) is 15.6. The van der Waals surface area contributed by atoms with Gasteiger partial charge in [-0.1, -0.05) is 0 Å². The summed E-state index contributed by atoms with van der Waals surface area (Å²) in [6.07, 6.45) is 0. The highest BCUT2D eigenvalue weighted by molar-refractivity contribution is 8.00. The highest BCUT2D eigenvalue weighted by Gasteiger charge is 2.18. The van der Waals surface area contributed by atoms with E-state index >= 15 is 0 Å². The van der Waals surface area contributed by atoms with Gasteiger partial charge in [-0.15, -0.1) is 11.8 Å². The number of carbonyl (C=O) groups is 1. The molecule has 0 aliphatic heterocycles. The van der Waals surface area contributed by atoms with E-state index in [0.717, 1.165) is 36.0 Å². The van der Waals surface area contributed by atoms with Crippen molar-refractivity contribution in [2.45, 2.75) is 17.1 Å². The van der Waals surface area contributed by atoms with E-state index in [4.69, 9.17) is 0 Å². The van der Waals surface area contributed by atoms with E-state index in [0.29, 0.717) is 4.90 Å². The number of benzene rings is 2. The van der Waals surface area contributed by atoms with Crippen LogP contribution in [0.2, 0.25) is 0 Å². The van der Waals surface area contributed by atoms with Crippen LogP contribution < -0.4 is 0 Å². The third kappa shape index (κ3) is 3.64. The lowest BCUT2D eigenvalue weighted by Gasteiger charge is -2.10. The Morgan fingerprint density at radius 3 is 2.05 bits per heavy atom. The van der Waals surface area contributed by atoms with Gasteiger partial charge in [-0.2, -0.15) is 0 Å². The lowest BCUT2D eigenvalue weighted by atomic mass is 10.1. The number of hydrogen-bond donors (Lipinski definition) is 0. The fourth-order valence-electron chi connectivity index (χ4n) is 1.69. The molecule has 110 valence electrons. The van der Waals surface area contributed by atoms with Gasteiger partial charge >= 0.3 is 0 Å². The molecule has 6 heteroatoms. The summed E-state index contributed by atoms with van der Waals surface area (Å²) in [5, 5.41) is -0.653. The van der Waals surface area contributed by atoms with Crippen molar-refractivity contribution in [2.75, 3.05) is 0 Å². The van der Waals surface area contributed by atoms with Crippen molar-refractivity contribution in [3.05, 3.63) is 65.2 Å². The van der Waals surface area contributed by atoms with Gasteiger partial charge in [-0.25, -0.2) is 17.6 Å². The molecule has 2 rings (SSSR count). The zero-order valence-electron chi connectivity index (χ0n) is 10.9. The Morgan fingerprint density at radius 2 is 1.48 bits per heavy atom. The smallest absolute Gasteiger partial charge is 0.175 e. The molecular weight excluding hydrogens is 304 g/mol. The second-order valence-electron chi connectivity index (χ2n) is 4.33. The molecule has 0 amide bonds. The van der Waals surface area contributed by atoms with Gasteiger partial charge < -0.3 is 0 Å². The standard InChI is InChI=1S/C15H10F4OS/c1-8(21-10-3-5-12(17)14(19)7-10)15(20)9-2-4-11(16)13(18)6-9/h2-8H,1H3. The third-order valence-electron chi connectivity index (χ3n) is 2.78. The summed E-state index contributed by atoms with van der Waals surface area (Å²) in [5.74, 6) is -4.55. The minimum atomic E-state index is -1.11. The normalized spacial score (nSPS) is 12.2. The van der Waals surface area contributed by atoms with Gasteiger partial charge in [-0.05, 0) is 43.3 Å². The van der Waals surface area contributed by atoms with Crippen LogP contribution in [0, 0.1) is 23.3 Å². The van der Waals surface area contributed by atoms with E-state index < -0.39 is 34.3 Å². The fourth-order valence-corrected chi connectivity index (χ4v) is 2.66. The lowest BCUT2D eigenvalue weighted by molar-refractivity contribution is 0.0993. The van der Waals surface area contributed by atoms with Gasteiger partial charge in [0.1, 0.15) is 0 Å². The van der Waals surface area contributed by atoms with Gasteiger partial charge in [0, 0.05) is 10.5 Å². The first-order chi connectivity index (χ1) is 9.88. The van der Waals surface area contributed by atoms with Crippen LogP contribution in [0.3, 0.4) is 0 Å². The number of ketones is 1. The van der Waals surface area contributed by atoms with E-state index in [1.807, 2.05) is 0 Å². The predicted molar refractivity (Wildman–Crippen MR) is 72.4 cm³/mol. The summed E-state index contributed by atoms with van der Waals surface area (Å²) in [5.41, 5.74) is 0.0245. The molecule has 21 heavy (non-hydrogen) atoms. The van der Waals surface area contributed by atoms with Crippen LogP contribution in [0.4, 0.5) is 17.6 Å².